The Kier molecular flexibility index (Phi) is 15.5. The summed E-state index contributed by atoms with van der Waals surface area (Å²) in [4.78, 5) is 70.4. The monoisotopic (exact) mass is 724 g/mol. The van der Waals surface area contributed by atoms with Gasteiger partial charge in [0.15, 0.2) is 0 Å². The van der Waals surface area contributed by atoms with Gasteiger partial charge in [-0.3, -0.25) is 19.2 Å². The smallest absolute Gasteiger partial charge is 0.329 e. The van der Waals surface area contributed by atoms with Gasteiger partial charge in [0.1, 0.15) is 17.7 Å². The molecule has 0 aromatic heterocycles. The molecular formula is C41H44N2O10. The first kappa shape index (κ1) is 41.1. The number of carbonyl (C=O) groups excluding carboxylic acids is 4. The summed E-state index contributed by atoms with van der Waals surface area (Å²) >= 11 is 0. The third-order valence-electron chi connectivity index (χ3n) is 7.62. The fraction of sp³-hybridized carbons (Fsp3) is 0.268. The number of nitrogens with one attached hydrogen (secondary N) is 2. The van der Waals surface area contributed by atoms with Gasteiger partial charge in [-0.1, -0.05) is 84.9 Å². The average Bonchev–Trinajstić information content (AvgIpc) is 3.14. The van der Waals surface area contributed by atoms with Crippen LogP contribution < -0.4 is 10.6 Å². The van der Waals surface area contributed by atoms with E-state index in [-0.39, 0.29) is 25.7 Å². The van der Waals surface area contributed by atoms with Gasteiger partial charge in [0.05, 0.1) is 7.11 Å². The third kappa shape index (κ3) is 14.1. The highest BCUT2D eigenvalue weighted by molar-refractivity contribution is 5.98. The molecule has 0 saturated carbocycles. The minimum atomic E-state index is -1.20. The first-order chi connectivity index (χ1) is 25.2. The average molecular weight is 725 g/mol. The standard InChI is InChI=1S/C22H25NO5.C19H19NO5/c1-22(2,3)28-21(27)18(13-14-19(24)25)23-20(26)17-11-9-16(10-12-17)15-7-5-4-6-8-15;1-25-17(21)12-11-16(19(23)24)20-18(22)15-9-7-14(8-10-15)13-5-3-2-4-6-13/h4-12,18H,13-14H2,1-3H3,(H,23,26)(H,24,25);2-10,16H,11-12H2,1H3,(H,20,22)(H,23,24). The number of benzene rings is 4. The zero-order valence-corrected chi connectivity index (χ0v) is 30.0. The van der Waals surface area contributed by atoms with E-state index in [0.717, 1.165) is 22.3 Å². The van der Waals surface area contributed by atoms with Crippen molar-refractivity contribution in [1.29, 1.82) is 0 Å². The van der Waals surface area contributed by atoms with Gasteiger partial charge in [-0.2, -0.15) is 0 Å². The first-order valence-electron chi connectivity index (χ1n) is 16.8. The number of carbonyl (C=O) groups is 6. The number of carboxylic acid groups (broad SMARTS) is 2. The fourth-order valence-corrected chi connectivity index (χ4v) is 4.88. The van der Waals surface area contributed by atoms with Crippen LogP contribution in [0, 0.1) is 0 Å². The van der Waals surface area contributed by atoms with Crippen LogP contribution in [0.25, 0.3) is 22.3 Å². The molecule has 53 heavy (non-hydrogen) atoms. The molecule has 4 aromatic carbocycles. The van der Waals surface area contributed by atoms with Crippen LogP contribution in [0.1, 0.15) is 67.2 Å². The molecule has 0 bridgehead atoms. The molecular weight excluding hydrogens is 680 g/mol. The van der Waals surface area contributed by atoms with Crippen molar-refractivity contribution in [2.75, 3.05) is 7.11 Å². The molecule has 2 amide bonds. The first-order valence-corrected chi connectivity index (χ1v) is 16.8. The summed E-state index contributed by atoms with van der Waals surface area (Å²) in [6, 6.07) is 31.1. The van der Waals surface area contributed by atoms with E-state index in [1.165, 1.54) is 7.11 Å². The maximum Gasteiger partial charge on any atom is 0.329 e. The largest absolute Gasteiger partial charge is 0.481 e. The van der Waals surface area contributed by atoms with Gasteiger partial charge in [0.25, 0.3) is 11.8 Å². The molecule has 12 heteroatoms. The Morgan fingerprint density at radius 1 is 0.585 bits per heavy atom. The summed E-state index contributed by atoms with van der Waals surface area (Å²) in [6.07, 6.45) is -0.411. The topological polar surface area (TPSA) is 185 Å². The van der Waals surface area contributed by atoms with Crippen molar-refractivity contribution in [2.45, 2.75) is 64.1 Å². The van der Waals surface area contributed by atoms with Crippen LogP contribution in [0.5, 0.6) is 0 Å². The summed E-state index contributed by atoms with van der Waals surface area (Å²) < 4.78 is 9.78. The van der Waals surface area contributed by atoms with Crippen LogP contribution in [0.15, 0.2) is 109 Å². The van der Waals surface area contributed by atoms with Gasteiger partial charge >= 0.3 is 23.9 Å². The summed E-state index contributed by atoms with van der Waals surface area (Å²) in [6.45, 7) is 5.13. The molecule has 0 aliphatic rings. The number of ether oxygens (including phenoxy) is 2. The van der Waals surface area contributed by atoms with E-state index in [9.17, 15) is 33.9 Å². The van der Waals surface area contributed by atoms with Crippen molar-refractivity contribution in [1.82, 2.24) is 10.6 Å². The van der Waals surface area contributed by atoms with Crippen molar-refractivity contribution in [3.63, 3.8) is 0 Å². The van der Waals surface area contributed by atoms with E-state index in [1.54, 1.807) is 57.2 Å². The Labute approximate surface area is 308 Å². The van der Waals surface area contributed by atoms with Gasteiger partial charge in [-0.15, -0.1) is 0 Å². The minimum absolute atomic E-state index is 0.0319. The Balaban J connectivity index is 0.000000287. The predicted octanol–water partition coefficient (Wildman–Crippen LogP) is 6.15. The molecule has 0 heterocycles. The lowest BCUT2D eigenvalue weighted by atomic mass is 10.0. The molecule has 2 unspecified atom stereocenters. The Morgan fingerprint density at radius 2 is 0.981 bits per heavy atom. The zero-order valence-electron chi connectivity index (χ0n) is 30.0. The highest BCUT2D eigenvalue weighted by Crippen LogP contribution is 2.21. The number of carboxylic acids is 2. The second-order valence-electron chi connectivity index (χ2n) is 12.9. The van der Waals surface area contributed by atoms with Crippen LogP contribution in [0.2, 0.25) is 0 Å². The molecule has 0 spiro atoms. The van der Waals surface area contributed by atoms with Crippen molar-refractivity contribution >= 4 is 35.7 Å². The molecule has 2 atom stereocenters. The van der Waals surface area contributed by atoms with Gasteiger partial charge in [-0.05, 0) is 80.1 Å². The van der Waals surface area contributed by atoms with Crippen molar-refractivity contribution in [3.8, 4) is 22.3 Å². The van der Waals surface area contributed by atoms with E-state index in [2.05, 4.69) is 15.4 Å². The lowest BCUT2D eigenvalue weighted by molar-refractivity contribution is -0.157. The molecule has 4 N–H and O–H groups in total. The minimum Gasteiger partial charge on any atom is -0.481 e. The van der Waals surface area contributed by atoms with Crippen molar-refractivity contribution in [2.24, 2.45) is 0 Å². The Morgan fingerprint density at radius 3 is 1.36 bits per heavy atom. The second kappa shape index (κ2) is 19.9. The van der Waals surface area contributed by atoms with Gasteiger partial charge in [0, 0.05) is 24.0 Å². The van der Waals surface area contributed by atoms with Crippen molar-refractivity contribution in [3.05, 3.63) is 120 Å². The maximum atomic E-state index is 12.6. The van der Waals surface area contributed by atoms with E-state index < -0.39 is 53.4 Å². The quantitative estimate of drug-likeness (QED) is 0.110. The number of hydrogen-bond acceptors (Lipinski definition) is 8. The number of esters is 2. The lowest BCUT2D eigenvalue weighted by Gasteiger charge is -2.24. The highest BCUT2D eigenvalue weighted by atomic mass is 16.6. The van der Waals surface area contributed by atoms with Crippen LogP contribution in [-0.2, 0) is 28.7 Å². The maximum absolute atomic E-state index is 12.6. The number of hydrogen-bond donors (Lipinski definition) is 4. The van der Waals surface area contributed by atoms with Crippen LogP contribution in [0.4, 0.5) is 0 Å². The molecule has 0 saturated heterocycles. The molecule has 4 rings (SSSR count). The predicted molar refractivity (Wildman–Crippen MR) is 198 cm³/mol. The number of methoxy groups -OCH3 is 1. The molecule has 278 valence electrons. The van der Waals surface area contributed by atoms with Crippen LogP contribution >= 0.6 is 0 Å². The summed E-state index contributed by atoms with van der Waals surface area (Å²) in [5.41, 5.74) is 3.97. The number of amides is 2. The SMILES string of the molecule is CC(C)(C)OC(=O)C(CCC(=O)O)NC(=O)c1ccc(-c2ccccc2)cc1.COC(=O)CCC(NC(=O)c1ccc(-c2ccccc2)cc1)C(=O)O. The lowest BCUT2D eigenvalue weighted by Crippen LogP contribution is -2.44. The van der Waals surface area contributed by atoms with Gasteiger partial charge < -0.3 is 30.3 Å². The molecule has 12 nitrogen and oxygen atoms in total. The fourth-order valence-electron chi connectivity index (χ4n) is 4.88. The summed E-state index contributed by atoms with van der Waals surface area (Å²) in [5.74, 6) is -4.37. The van der Waals surface area contributed by atoms with E-state index >= 15 is 0 Å². The molecule has 0 fully saturated rings. The number of aliphatic carboxylic acids is 2. The van der Waals surface area contributed by atoms with Crippen molar-refractivity contribution < 1.29 is 48.5 Å². The Bertz CT molecular complexity index is 1840. The second-order valence-corrected chi connectivity index (χ2v) is 12.9. The molecule has 0 radical (unpaired) electrons. The highest BCUT2D eigenvalue weighted by Gasteiger charge is 2.28. The van der Waals surface area contributed by atoms with E-state index in [1.807, 2.05) is 72.8 Å². The molecule has 4 aromatic rings. The zero-order chi connectivity index (χ0) is 39.0. The van der Waals surface area contributed by atoms with E-state index in [0.29, 0.717) is 11.1 Å². The number of rotatable bonds is 14. The van der Waals surface area contributed by atoms with Crippen LogP contribution in [-0.4, -0.2) is 70.7 Å². The summed E-state index contributed by atoms with van der Waals surface area (Å²) in [7, 11) is 1.23. The molecule has 0 aliphatic heterocycles. The van der Waals surface area contributed by atoms with E-state index in [4.69, 9.17) is 9.84 Å². The summed E-state index contributed by atoms with van der Waals surface area (Å²) in [5, 5.41) is 23.1. The normalized spacial score (nSPS) is 11.8. The molecule has 0 aliphatic carbocycles. The Hall–Kier alpha value is -6.30. The van der Waals surface area contributed by atoms with Gasteiger partial charge in [0.2, 0.25) is 0 Å². The van der Waals surface area contributed by atoms with Gasteiger partial charge in [-0.25, -0.2) is 9.59 Å². The third-order valence-corrected chi connectivity index (χ3v) is 7.62. The van der Waals surface area contributed by atoms with Crippen LogP contribution in [0.3, 0.4) is 0 Å².